The lowest BCUT2D eigenvalue weighted by molar-refractivity contribution is 0.120. The van der Waals surface area contributed by atoms with Gasteiger partial charge in [0.05, 0.1) is 0 Å². The maximum Gasteiger partial charge on any atom is 0.0409 e. The number of nitrogens with two attached hydrogens (primary N) is 1. The molecule has 1 aromatic carbocycles. The first-order chi connectivity index (χ1) is 9.19. The second kappa shape index (κ2) is 7.28. The molecular formula is C16H25ClN2. The number of piperidine rings is 1. The van der Waals surface area contributed by atoms with Crippen LogP contribution in [0.1, 0.15) is 38.2 Å². The maximum absolute atomic E-state index is 6.07. The molecule has 2 unspecified atom stereocenters. The summed E-state index contributed by atoms with van der Waals surface area (Å²) in [5, 5.41) is 0.835. The average Bonchev–Trinajstić information content (AvgIpc) is 2.41. The zero-order valence-corrected chi connectivity index (χ0v) is 12.6. The van der Waals surface area contributed by atoms with E-state index >= 15 is 0 Å². The van der Waals surface area contributed by atoms with E-state index in [0.717, 1.165) is 18.1 Å². The van der Waals surface area contributed by atoms with Gasteiger partial charge in [0.2, 0.25) is 0 Å². The summed E-state index contributed by atoms with van der Waals surface area (Å²) in [7, 11) is 0. The van der Waals surface area contributed by atoms with Crippen LogP contribution in [0.2, 0.25) is 5.02 Å². The van der Waals surface area contributed by atoms with Gasteiger partial charge in [0.25, 0.3) is 0 Å². The summed E-state index contributed by atoms with van der Waals surface area (Å²) in [6.45, 7) is 5.27. The van der Waals surface area contributed by atoms with Crippen LogP contribution in [0.4, 0.5) is 0 Å². The number of benzene rings is 1. The molecule has 2 N–H and O–H groups in total. The van der Waals surface area contributed by atoms with Gasteiger partial charge in [0, 0.05) is 17.6 Å². The summed E-state index contributed by atoms with van der Waals surface area (Å²) >= 11 is 6.07. The molecule has 19 heavy (non-hydrogen) atoms. The van der Waals surface area contributed by atoms with Crippen molar-refractivity contribution in [3.8, 4) is 0 Å². The number of nitrogens with zero attached hydrogens (tertiary/aromatic N) is 1. The van der Waals surface area contributed by atoms with Gasteiger partial charge in [-0.2, -0.15) is 0 Å². The van der Waals surface area contributed by atoms with Crippen molar-refractivity contribution in [2.45, 2.75) is 45.2 Å². The van der Waals surface area contributed by atoms with Crippen LogP contribution in [0.5, 0.6) is 0 Å². The Labute approximate surface area is 121 Å². The number of rotatable bonds is 5. The van der Waals surface area contributed by atoms with Crippen LogP contribution in [-0.2, 0) is 6.54 Å². The minimum absolute atomic E-state index is 0.616. The molecule has 3 heteroatoms. The normalized spacial score (nSPS) is 22.4. The van der Waals surface area contributed by atoms with E-state index < -0.39 is 0 Å². The molecule has 1 saturated heterocycles. The Kier molecular flexibility index (Phi) is 5.68. The van der Waals surface area contributed by atoms with E-state index in [1.54, 1.807) is 0 Å². The first-order valence-electron chi connectivity index (χ1n) is 7.37. The molecule has 1 aliphatic heterocycles. The molecule has 0 bridgehead atoms. The zero-order chi connectivity index (χ0) is 13.7. The van der Waals surface area contributed by atoms with Crippen molar-refractivity contribution in [2.75, 3.05) is 13.1 Å². The SMILES string of the molecule is CC(CN)CC1CCCCN1Cc1cccc(Cl)c1. The van der Waals surface area contributed by atoms with Gasteiger partial charge < -0.3 is 5.73 Å². The molecular weight excluding hydrogens is 256 g/mol. The van der Waals surface area contributed by atoms with Crippen molar-refractivity contribution in [1.29, 1.82) is 0 Å². The number of hydrogen-bond donors (Lipinski definition) is 1. The van der Waals surface area contributed by atoms with E-state index in [1.807, 2.05) is 12.1 Å². The fourth-order valence-corrected chi connectivity index (χ4v) is 3.18. The molecule has 2 rings (SSSR count). The van der Waals surface area contributed by atoms with Crippen LogP contribution in [0.25, 0.3) is 0 Å². The average molecular weight is 281 g/mol. The van der Waals surface area contributed by atoms with Crippen molar-refractivity contribution in [1.82, 2.24) is 4.90 Å². The lowest BCUT2D eigenvalue weighted by Crippen LogP contribution is -2.40. The molecule has 0 aromatic heterocycles. The summed E-state index contributed by atoms with van der Waals surface area (Å²) in [5.41, 5.74) is 7.09. The highest BCUT2D eigenvalue weighted by atomic mass is 35.5. The van der Waals surface area contributed by atoms with Crippen LogP contribution in [0, 0.1) is 5.92 Å². The van der Waals surface area contributed by atoms with Gasteiger partial charge in [-0.15, -0.1) is 0 Å². The zero-order valence-electron chi connectivity index (χ0n) is 11.8. The van der Waals surface area contributed by atoms with Gasteiger partial charge in [0.15, 0.2) is 0 Å². The second-order valence-corrected chi connectivity index (χ2v) is 6.26. The fourth-order valence-electron chi connectivity index (χ4n) is 2.97. The van der Waals surface area contributed by atoms with Crippen molar-refractivity contribution < 1.29 is 0 Å². The second-order valence-electron chi connectivity index (χ2n) is 5.83. The maximum atomic E-state index is 6.07. The highest BCUT2D eigenvalue weighted by Crippen LogP contribution is 2.25. The van der Waals surface area contributed by atoms with Crippen molar-refractivity contribution in [3.05, 3.63) is 34.9 Å². The fraction of sp³-hybridized carbons (Fsp3) is 0.625. The molecule has 1 heterocycles. The quantitative estimate of drug-likeness (QED) is 0.891. The van der Waals surface area contributed by atoms with E-state index in [0.29, 0.717) is 12.0 Å². The number of halogens is 1. The predicted octanol–water partition coefficient (Wildman–Crippen LogP) is 3.68. The molecule has 1 aromatic rings. The summed E-state index contributed by atoms with van der Waals surface area (Å²) in [6.07, 6.45) is 5.20. The van der Waals surface area contributed by atoms with Crippen molar-refractivity contribution in [2.24, 2.45) is 11.7 Å². The van der Waals surface area contributed by atoms with Gasteiger partial charge in [-0.25, -0.2) is 0 Å². The highest BCUT2D eigenvalue weighted by Gasteiger charge is 2.23. The first kappa shape index (κ1) is 14.8. The predicted molar refractivity (Wildman–Crippen MR) is 82.3 cm³/mol. The Balaban J connectivity index is 1.99. The van der Waals surface area contributed by atoms with Crippen LogP contribution in [0.3, 0.4) is 0 Å². The molecule has 1 fully saturated rings. The van der Waals surface area contributed by atoms with Crippen molar-refractivity contribution in [3.63, 3.8) is 0 Å². The third kappa shape index (κ3) is 4.48. The van der Waals surface area contributed by atoms with Gasteiger partial charge in [-0.3, -0.25) is 4.90 Å². The van der Waals surface area contributed by atoms with E-state index in [2.05, 4.69) is 24.0 Å². The highest BCUT2D eigenvalue weighted by molar-refractivity contribution is 6.30. The molecule has 0 aliphatic carbocycles. The lowest BCUT2D eigenvalue weighted by Gasteiger charge is -2.37. The summed E-state index contributed by atoms with van der Waals surface area (Å²) in [4.78, 5) is 2.61. The molecule has 0 saturated carbocycles. The summed E-state index contributed by atoms with van der Waals surface area (Å²) < 4.78 is 0. The van der Waals surface area contributed by atoms with E-state index in [1.165, 1.54) is 37.8 Å². The molecule has 2 nitrogen and oxygen atoms in total. The standard InChI is InChI=1S/C16H25ClN2/c1-13(11-18)9-16-7-2-3-8-19(16)12-14-5-4-6-15(17)10-14/h4-6,10,13,16H,2-3,7-9,11-12,18H2,1H3. The Bertz CT molecular complexity index is 394. The largest absolute Gasteiger partial charge is 0.330 e. The van der Waals surface area contributed by atoms with Crippen molar-refractivity contribution >= 4 is 11.6 Å². The van der Waals surface area contributed by atoms with Gasteiger partial charge in [-0.05, 0) is 56.0 Å². The van der Waals surface area contributed by atoms with E-state index in [-0.39, 0.29) is 0 Å². The van der Waals surface area contributed by atoms with Crippen LogP contribution in [-0.4, -0.2) is 24.0 Å². The Hall–Kier alpha value is -0.570. The monoisotopic (exact) mass is 280 g/mol. The molecule has 2 atom stereocenters. The molecule has 1 aliphatic rings. The van der Waals surface area contributed by atoms with E-state index in [9.17, 15) is 0 Å². The summed E-state index contributed by atoms with van der Waals surface area (Å²) in [6, 6.07) is 8.92. The Morgan fingerprint density at radius 3 is 3.00 bits per heavy atom. The van der Waals surface area contributed by atoms with Crippen LogP contribution < -0.4 is 5.73 Å². The summed E-state index contributed by atoms with van der Waals surface area (Å²) in [5.74, 6) is 0.616. The topological polar surface area (TPSA) is 29.3 Å². The van der Waals surface area contributed by atoms with Crippen LogP contribution in [0.15, 0.2) is 24.3 Å². The smallest absolute Gasteiger partial charge is 0.0409 e. The lowest BCUT2D eigenvalue weighted by atomic mass is 9.93. The Morgan fingerprint density at radius 1 is 1.42 bits per heavy atom. The third-order valence-electron chi connectivity index (χ3n) is 4.10. The number of hydrogen-bond acceptors (Lipinski definition) is 2. The molecule has 0 radical (unpaired) electrons. The van der Waals surface area contributed by atoms with Gasteiger partial charge in [0.1, 0.15) is 0 Å². The Morgan fingerprint density at radius 2 is 2.26 bits per heavy atom. The third-order valence-corrected chi connectivity index (χ3v) is 4.34. The van der Waals surface area contributed by atoms with Gasteiger partial charge in [-0.1, -0.05) is 37.1 Å². The molecule has 106 valence electrons. The minimum atomic E-state index is 0.616. The molecule has 0 spiro atoms. The van der Waals surface area contributed by atoms with E-state index in [4.69, 9.17) is 17.3 Å². The number of likely N-dealkylation sites (tertiary alicyclic amines) is 1. The van der Waals surface area contributed by atoms with Gasteiger partial charge >= 0.3 is 0 Å². The molecule has 0 amide bonds. The van der Waals surface area contributed by atoms with Crippen LogP contribution >= 0.6 is 11.6 Å². The first-order valence-corrected chi connectivity index (χ1v) is 7.75. The minimum Gasteiger partial charge on any atom is -0.330 e.